The summed E-state index contributed by atoms with van der Waals surface area (Å²) in [4.78, 5) is 24.1. The van der Waals surface area contributed by atoms with E-state index in [1.165, 1.54) is 22.5 Å². The van der Waals surface area contributed by atoms with Crippen LogP contribution in [0, 0.1) is 5.92 Å². The van der Waals surface area contributed by atoms with Crippen molar-refractivity contribution in [2.45, 2.75) is 28.4 Å². The first-order valence-electron chi connectivity index (χ1n) is 10.9. The van der Waals surface area contributed by atoms with Crippen molar-refractivity contribution in [2.75, 3.05) is 19.6 Å². The van der Waals surface area contributed by atoms with Gasteiger partial charge in [0.25, 0.3) is 5.91 Å². The van der Waals surface area contributed by atoms with Crippen molar-refractivity contribution < 1.29 is 18.0 Å². The molecule has 3 atom stereocenters. The number of thioether (sulfide) groups is 1. The molecular formula is C24H27N3O4S2. The Bertz CT molecular complexity index is 1110. The molecule has 7 nitrogen and oxygen atoms in total. The number of hydrogen-bond acceptors (Lipinski definition) is 5. The van der Waals surface area contributed by atoms with Crippen LogP contribution in [0.5, 0.6) is 0 Å². The fraction of sp³-hybridized carbons (Fsp3) is 0.333. The average Bonchev–Trinajstić information content (AvgIpc) is 3.39. The van der Waals surface area contributed by atoms with Crippen molar-refractivity contribution in [3.05, 3.63) is 78.4 Å². The molecule has 2 aliphatic heterocycles. The lowest BCUT2D eigenvalue weighted by atomic mass is 10.1. The number of nitrogens with one attached hydrogen (secondary N) is 2. The predicted octanol–water partition coefficient (Wildman–Crippen LogP) is 2.41. The summed E-state index contributed by atoms with van der Waals surface area (Å²) >= 11 is 1.61. The van der Waals surface area contributed by atoms with Gasteiger partial charge in [0.2, 0.25) is 15.9 Å². The number of sulfonamides is 1. The Kier molecular flexibility index (Phi) is 7.21. The third-order valence-electron chi connectivity index (χ3n) is 5.99. The SMILES string of the molecule is C=CC(=O)NC1CC2CN(S(=O)(=O)c3ccc(C(=O)NCCc4ccccc4)cc3)CC2S1. The topological polar surface area (TPSA) is 95.6 Å². The third kappa shape index (κ3) is 5.48. The van der Waals surface area contributed by atoms with Crippen molar-refractivity contribution in [2.24, 2.45) is 5.92 Å². The molecule has 2 N–H and O–H groups in total. The second-order valence-corrected chi connectivity index (χ2v) is 11.6. The summed E-state index contributed by atoms with van der Waals surface area (Å²) in [5.41, 5.74) is 1.57. The zero-order chi connectivity index (χ0) is 23.4. The van der Waals surface area contributed by atoms with Gasteiger partial charge in [0, 0.05) is 30.4 Å². The van der Waals surface area contributed by atoms with Crippen LogP contribution in [0.3, 0.4) is 0 Å². The first-order valence-corrected chi connectivity index (χ1v) is 13.3. The summed E-state index contributed by atoms with van der Waals surface area (Å²) in [6, 6.07) is 16.0. The molecule has 2 aromatic carbocycles. The van der Waals surface area contributed by atoms with E-state index in [2.05, 4.69) is 17.2 Å². The number of carbonyl (C=O) groups is 2. The molecule has 0 bridgehead atoms. The van der Waals surface area contributed by atoms with Gasteiger partial charge in [-0.1, -0.05) is 36.9 Å². The second-order valence-electron chi connectivity index (χ2n) is 8.21. The smallest absolute Gasteiger partial charge is 0.251 e. The molecule has 2 saturated heterocycles. The number of hydrogen-bond donors (Lipinski definition) is 2. The first kappa shape index (κ1) is 23.5. The molecular weight excluding hydrogens is 458 g/mol. The molecule has 0 radical (unpaired) electrons. The molecule has 2 aromatic rings. The van der Waals surface area contributed by atoms with E-state index < -0.39 is 10.0 Å². The van der Waals surface area contributed by atoms with Gasteiger partial charge in [0.1, 0.15) is 0 Å². The molecule has 0 aliphatic carbocycles. The molecule has 9 heteroatoms. The maximum absolute atomic E-state index is 13.1. The summed E-state index contributed by atoms with van der Waals surface area (Å²) in [5, 5.41) is 5.91. The van der Waals surface area contributed by atoms with Crippen LogP contribution in [0.4, 0.5) is 0 Å². The molecule has 0 saturated carbocycles. The quantitative estimate of drug-likeness (QED) is 0.560. The van der Waals surface area contributed by atoms with Crippen LogP contribution < -0.4 is 10.6 Å². The summed E-state index contributed by atoms with van der Waals surface area (Å²) in [6.45, 7) is 4.82. The van der Waals surface area contributed by atoms with E-state index in [-0.39, 0.29) is 33.3 Å². The van der Waals surface area contributed by atoms with Gasteiger partial charge < -0.3 is 10.6 Å². The lowest BCUT2D eigenvalue weighted by molar-refractivity contribution is -0.116. The minimum atomic E-state index is -3.64. The van der Waals surface area contributed by atoms with E-state index >= 15 is 0 Å². The van der Waals surface area contributed by atoms with E-state index in [4.69, 9.17) is 0 Å². The van der Waals surface area contributed by atoms with Crippen LogP contribution in [0.25, 0.3) is 0 Å². The van der Waals surface area contributed by atoms with E-state index in [0.29, 0.717) is 25.2 Å². The normalized spacial score (nSPS) is 22.5. The maximum Gasteiger partial charge on any atom is 0.251 e. The van der Waals surface area contributed by atoms with Gasteiger partial charge in [0.05, 0.1) is 10.3 Å². The number of benzene rings is 2. The van der Waals surface area contributed by atoms with Crippen molar-refractivity contribution in [1.82, 2.24) is 14.9 Å². The number of rotatable bonds is 8. The minimum absolute atomic E-state index is 0.00459. The van der Waals surface area contributed by atoms with Gasteiger partial charge in [-0.3, -0.25) is 9.59 Å². The second kappa shape index (κ2) is 10.1. The number of carbonyl (C=O) groups excluding carboxylic acids is 2. The molecule has 2 aliphatic rings. The number of fused-ring (bicyclic) bond motifs is 1. The lowest BCUT2D eigenvalue weighted by Gasteiger charge is -2.19. The Morgan fingerprint density at radius 2 is 1.82 bits per heavy atom. The van der Waals surface area contributed by atoms with Gasteiger partial charge in [0.15, 0.2) is 0 Å². The lowest BCUT2D eigenvalue weighted by Crippen LogP contribution is -2.33. The number of nitrogens with zero attached hydrogens (tertiary/aromatic N) is 1. The molecule has 33 heavy (non-hydrogen) atoms. The van der Waals surface area contributed by atoms with E-state index in [9.17, 15) is 18.0 Å². The Labute approximate surface area is 198 Å². The molecule has 2 heterocycles. The molecule has 0 aromatic heterocycles. The molecule has 3 unspecified atom stereocenters. The van der Waals surface area contributed by atoms with Crippen molar-refractivity contribution in [1.29, 1.82) is 0 Å². The van der Waals surface area contributed by atoms with Crippen LogP contribution in [-0.4, -0.2) is 54.8 Å². The van der Waals surface area contributed by atoms with Crippen LogP contribution in [0.2, 0.25) is 0 Å². The maximum atomic E-state index is 13.1. The monoisotopic (exact) mass is 485 g/mol. The fourth-order valence-electron chi connectivity index (χ4n) is 4.23. The Morgan fingerprint density at radius 1 is 1.09 bits per heavy atom. The minimum Gasteiger partial charge on any atom is -0.352 e. The first-order chi connectivity index (χ1) is 15.9. The highest BCUT2D eigenvalue weighted by molar-refractivity contribution is 8.00. The molecule has 2 amide bonds. The highest BCUT2D eigenvalue weighted by Crippen LogP contribution is 2.43. The fourth-order valence-corrected chi connectivity index (χ4v) is 7.49. The zero-order valence-electron chi connectivity index (χ0n) is 18.1. The van der Waals surface area contributed by atoms with Crippen molar-refractivity contribution >= 4 is 33.6 Å². The third-order valence-corrected chi connectivity index (χ3v) is 9.36. The van der Waals surface area contributed by atoms with Gasteiger partial charge in [-0.15, -0.1) is 11.8 Å². The van der Waals surface area contributed by atoms with E-state index in [0.717, 1.165) is 18.4 Å². The average molecular weight is 486 g/mol. The highest BCUT2D eigenvalue weighted by Gasteiger charge is 2.45. The summed E-state index contributed by atoms with van der Waals surface area (Å²) < 4.78 is 27.7. The summed E-state index contributed by atoms with van der Waals surface area (Å²) in [6.07, 6.45) is 2.72. The number of amides is 2. The molecule has 4 rings (SSSR count). The van der Waals surface area contributed by atoms with Crippen molar-refractivity contribution in [3.63, 3.8) is 0 Å². The van der Waals surface area contributed by atoms with Crippen LogP contribution in [0.15, 0.2) is 72.1 Å². The van der Waals surface area contributed by atoms with Crippen LogP contribution >= 0.6 is 11.8 Å². The molecule has 174 valence electrons. The molecule has 0 spiro atoms. The van der Waals surface area contributed by atoms with Crippen LogP contribution in [-0.2, 0) is 21.2 Å². The standard InChI is InChI=1S/C24H27N3O4S2/c1-2-22(28)26-23-14-19-15-27(16-21(19)32-23)33(30,31)20-10-8-18(9-11-20)24(29)25-13-12-17-6-4-3-5-7-17/h2-11,19,21,23H,1,12-16H2,(H,25,29)(H,26,28). The van der Waals surface area contributed by atoms with Gasteiger partial charge >= 0.3 is 0 Å². The van der Waals surface area contributed by atoms with E-state index in [1.54, 1.807) is 23.9 Å². The summed E-state index contributed by atoms with van der Waals surface area (Å²) in [7, 11) is -3.64. The van der Waals surface area contributed by atoms with E-state index in [1.807, 2.05) is 30.3 Å². The van der Waals surface area contributed by atoms with Gasteiger partial charge in [-0.2, -0.15) is 4.31 Å². The predicted molar refractivity (Wildman–Crippen MR) is 129 cm³/mol. The Morgan fingerprint density at radius 3 is 2.48 bits per heavy atom. The summed E-state index contributed by atoms with van der Waals surface area (Å²) in [5.74, 6) is -0.231. The van der Waals surface area contributed by atoms with Crippen LogP contribution in [0.1, 0.15) is 22.3 Å². The Balaban J connectivity index is 1.31. The van der Waals surface area contributed by atoms with Gasteiger partial charge in [-0.05, 0) is 54.7 Å². The zero-order valence-corrected chi connectivity index (χ0v) is 19.8. The highest BCUT2D eigenvalue weighted by atomic mass is 32.2. The molecule has 2 fully saturated rings. The van der Waals surface area contributed by atoms with Crippen molar-refractivity contribution in [3.8, 4) is 0 Å². The van der Waals surface area contributed by atoms with Gasteiger partial charge in [-0.25, -0.2) is 8.42 Å². The largest absolute Gasteiger partial charge is 0.352 e. The Hall–Kier alpha value is -2.62.